The van der Waals surface area contributed by atoms with Gasteiger partial charge in [0.2, 0.25) is 0 Å². The molecule has 8 heavy (non-hydrogen) atoms. The fraction of sp³-hybridized carbons (Fsp3) is 0. The van der Waals surface area contributed by atoms with Gasteiger partial charge in [-0.1, -0.05) is 0 Å². The molecule has 0 fully saturated rings. The molecular formula is C5H3BrO2. The third kappa shape index (κ3) is 1.20. The molecule has 1 heterocycles. The van der Waals surface area contributed by atoms with Crippen molar-refractivity contribution in [3.05, 3.63) is 33.2 Å². The van der Waals surface area contributed by atoms with Crippen molar-refractivity contribution in [3.8, 4) is 0 Å². The molecule has 42 valence electrons. The summed E-state index contributed by atoms with van der Waals surface area (Å²) in [4.78, 5) is 10.8. The molecule has 0 saturated heterocycles. The second kappa shape index (κ2) is 2.13. The van der Waals surface area contributed by atoms with E-state index in [4.69, 9.17) is 4.11 Å². The lowest BCUT2D eigenvalue weighted by Crippen LogP contribution is -1.92. The summed E-state index contributed by atoms with van der Waals surface area (Å²) >= 11 is 2.77. The highest BCUT2D eigenvalue weighted by molar-refractivity contribution is 9.10. The van der Waals surface area contributed by atoms with Crippen LogP contribution in [-0.2, 0) is 0 Å². The lowest BCUT2D eigenvalue weighted by molar-refractivity contribution is 0.521. The fourth-order valence-electron chi connectivity index (χ4n) is 0.263. The van der Waals surface area contributed by atoms with Gasteiger partial charge in [0.15, 0.2) is 10.1 Å². The van der Waals surface area contributed by atoms with Gasteiger partial charge in [0.25, 0.3) is 0 Å². The number of hydrogen-bond donors (Lipinski definition) is 0. The highest BCUT2D eigenvalue weighted by Gasteiger charge is 1.84. The smallest absolute Gasteiger partial charge is 0.185 e. The van der Waals surface area contributed by atoms with Gasteiger partial charge in [-0.2, -0.15) is 0 Å². The van der Waals surface area contributed by atoms with Gasteiger partial charge in [0.05, 0.1) is 8.98 Å². The van der Waals surface area contributed by atoms with Gasteiger partial charge in [0.1, 0.15) is 1.37 Å². The van der Waals surface area contributed by atoms with Crippen molar-refractivity contribution >= 4 is 15.9 Å². The van der Waals surface area contributed by atoms with Crippen molar-refractivity contribution in [1.29, 1.82) is 0 Å². The molecule has 1 aromatic heterocycles. The van der Waals surface area contributed by atoms with Crippen LogP contribution < -0.4 is 5.43 Å². The minimum atomic E-state index is -0.798. The normalized spacial score (nSPS) is 14.4. The quantitative estimate of drug-likeness (QED) is 0.600. The van der Waals surface area contributed by atoms with E-state index >= 15 is 0 Å². The van der Waals surface area contributed by atoms with Crippen LogP contribution in [0.1, 0.15) is 4.11 Å². The Morgan fingerprint density at radius 3 is 3.38 bits per heavy atom. The standard InChI is InChI=1S/C5H3BrO2/c6-5-3-4(7)1-2-8-5/h1-3H/i1D,2D,3D. The van der Waals surface area contributed by atoms with E-state index in [2.05, 4.69) is 20.3 Å². The Labute approximate surface area is 58.5 Å². The summed E-state index contributed by atoms with van der Waals surface area (Å²) in [5.41, 5.74) is -0.798. The minimum absolute atomic E-state index is 0.108. The molecule has 3 heteroatoms. The number of halogens is 1. The van der Waals surface area contributed by atoms with E-state index in [1.54, 1.807) is 0 Å². The lowest BCUT2D eigenvalue weighted by Gasteiger charge is -1.81. The summed E-state index contributed by atoms with van der Waals surface area (Å²) in [5.74, 6) is 0. The van der Waals surface area contributed by atoms with Crippen molar-refractivity contribution in [2.45, 2.75) is 0 Å². The van der Waals surface area contributed by atoms with Gasteiger partial charge in [0, 0.05) is 12.1 Å². The van der Waals surface area contributed by atoms with Crippen LogP contribution in [0, 0.1) is 0 Å². The summed E-state index contributed by atoms with van der Waals surface area (Å²) < 4.78 is 25.3. The molecule has 0 aliphatic rings. The average Bonchev–Trinajstić information content (AvgIpc) is 1.97. The maximum absolute atomic E-state index is 10.8. The first-order valence-corrected chi connectivity index (χ1v) is 2.59. The SMILES string of the molecule is [2H]c1oc(Br)c([2H])c(=O)c1[2H]. The monoisotopic (exact) mass is 177 g/mol. The average molecular weight is 178 g/mol. The van der Waals surface area contributed by atoms with Gasteiger partial charge in [-0.3, -0.25) is 4.79 Å². The molecule has 0 unspecified atom stereocenters. The predicted octanol–water partition coefficient (Wildman–Crippen LogP) is 1.40. The van der Waals surface area contributed by atoms with Crippen LogP contribution in [0.5, 0.6) is 0 Å². The van der Waals surface area contributed by atoms with E-state index in [1.165, 1.54) is 0 Å². The van der Waals surface area contributed by atoms with Crippen molar-refractivity contribution in [3.63, 3.8) is 0 Å². The Morgan fingerprint density at radius 2 is 2.62 bits per heavy atom. The van der Waals surface area contributed by atoms with Crippen molar-refractivity contribution < 1.29 is 8.53 Å². The van der Waals surface area contributed by atoms with Crippen LogP contribution in [0.3, 0.4) is 0 Å². The topological polar surface area (TPSA) is 30.2 Å². The summed E-state index contributed by atoms with van der Waals surface area (Å²) in [6, 6.07) is -1.01. The third-order valence-corrected chi connectivity index (χ3v) is 0.877. The van der Waals surface area contributed by atoms with E-state index in [0.717, 1.165) is 0 Å². The highest BCUT2D eigenvalue weighted by Crippen LogP contribution is 2.02. The first-order valence-electron chi connectivity index (χ1n) is 3.30. The van der Waals surface area contributed by atoms with Crippen LogP contribution >= 0.6 is 15.9 Å². The number of rotatable bonds is 0. The zero-order valence-corrected chi connectivity index (χ0v) is 5.28. The largest absolute Gasteiger partial charge is 0.457 e. The molecule has 0 radical (unpaired) electrons. The lowest BCUT2D eigenvalue weighted by atomic mass is 10.5. The summed E-state index contributed by atoms with van der Waals surface area (Å²) in [7, 11) is 0. The van der Waals surface area contributed by atoms with Gasteiger partial charge in [-0.05, 0) is 15.9 Å². The molecule has 0 atom stereocenters. The minimum Gasteiger partial charge on any atom is -0.457 e. The summed E-state index contributed by atoms with van der Waals surface area (Å²) in [6.07, 6.45) is -0.530. The fourth-order valence-corrected chi connectivity index (χ4v) is 0.524. The summed E-state index contributed by atoms with van der Waals surface area (Å²) in [5, 5.41) is 0. The third-order valence-electron chi connectivity index (χ3n) is 0.517. The molecule has 0 aliphatic carbocycles. The van der Waals surface area contributed by atoms with Crippen molar-refractivity contribution in [2.24, 2.45) is 0 Å². The first kappa shape index (κ1) is 2.82. The second-order valence-corrected chi connectivity index (χ2v) is 1.78. The van der Waals surface area contributed by atoms with E-state index in [-0.39, 0.29) is 4.67 Å². The molecule has 0 amide bonds. The molecule has 0 saturated carbocycles. The summed E-state index contributed by atoms with van der Waals surface area (Å²) in [6.45, 7) is 0. The zero-order valence-electron chi connectivity index (χ0n) is 6.69. The molecule has 1 rings (SSSR count). The van der Waals surface area contributed by atoms with Crippen LogP contribution in [0.15, 0.2) is 32.2 Å². The molecule has 0 N–H and O–H groups in total. The Balaban J connectivity index is 3.59. The molecule has 0 bridgehead atoms. The Morgan fingerprint density at radius 1 is 1.88 bits per heavy atom. The van der Waals surface area contributed by atoms with E-state index in [1.807, 2.05) is 0 Å². The van der Waals surface area contributed by atoms with Gasteiger partial charge in [-0.25, -0.2) is 0 Å². The van der Waals surface area contributed by atoms with E-state index < -0.39 is 23.8 Å². The highest BCUT2D eigenvalue weighted by atomic mass is 79.9. The Bertz CT molecular complexity index is 317. The molecular weight excluding hydrogens is 172 g/mol. The molecule has 0 spiro atoms. The van der Waals surface area contributed by atoms with Crippen molar-refractivity contribution in [2.75, 3.05) is 0 Å². The maximum Gasteiger partial charge on any atom is 0.185 e. The van der Waals surface area contributed by atoms with Gasteiger partial charge in [-0.15, -0.1) is 0 Å². The van der Waals surface area contributed by atoms with Crippen LogP contribution in [0.25, 0.3) is 0 Å². The predicted molar refractivity (Wildman–Crippen MR) is 32.7 cm³/mol. The zero-order chi connectivity index (χ0) is 8.59. The molecule has 0 aliphatic heterocycles. The maximum atomic E-state index is 10.8. The van der Waals surface area contributed by atoms with Crippen LogP contribution in [-0.4, -0.2) is 0 Å². The Hall–Kier alpha value is -0.570. The van der Waals surface area contributed by atoms with Crippen molar-refractivity contribution in [1.82, 2.24) is 0 Å². The molecule has 0 aromatic carbocycles. The van der Waals surface area contributed by atoms with Crippen LogP contribution in [0.4, 0.5) is 0 Å². The van der Waals surface area contributed by atoms with Gasteiger partial charge < -0.3 is 4.42 Å². The molecule has 1 aromatic rings. The van der Waals surface area contributed by atoms with E-state index in [9.17, 15) is 4.79 Å². The number of hydrogen-bond acceptors (Lipinski definition) is 2. The molecule has 2 nitrogen and oxygen atoms in total. The van der Waals surface area contributed by atoms with Crippen LogP contribution in [0.2, 0.25) is 0 Å². The second-order valence-electron chi connectivity index (χ2n) is 1.06. The Kier molecular flexibility index (Phi) is 0.753. The van der Waals surface area contributed by atoms with E-state index in [0.29, 0.717) is 0 Å². The first-order chi connectivity index (χ1) is 5.04. The van der Waals surface area contributed by atoms with Gasteiger partial charge >= 0.3 is 0 Å².